The van der Waals surface area contributed by atoms with Gasteiger partial charge in [0.05, 0.1) is 17.4 Å². The number of fused-ring (bicyclic) bond motifs is 1. The maximum absolute atomic E-state index is 4.61. The molecule has 104 valence electrons. The van der Waals surface area contributed by atoms with Gasteiger partial charge in [-0.05, 0) is 25.0 Å². The van der Waals surface area contributed by atoms with E-state index in [-0.39, 0.29) is 0 Å². The van der Waals surface area contributed by atoms with Gasteiger partial charge in [0, 0.05) is 30.6 Å². The zero-order chi connectivity index (χ0) is 13.4. The molecule has 0 bridgehead atoms. The number of nitrogens with zero attached hydrogens (tertiary/aromatic N) is 2. The quantitative estimate of drug-likeness (QED) is 0.861. The molecule has 1 aliphatic carbocycles. The van der Waals surface area contributed by atoms with E-state index in [1.807, 2.05) is 12.3 Å². The third kappa shape index (κ3) is 2.06. The standard InChI is InChI=1S/C17H21N3/c1-2-6-16-14(5-1)11-15(12-18-16)20-10-9-19-17(13-20)7-3-4-8-17/h1-2,5-6,11-12,19H,3-4,7-10,13H2. The minimum absolute atomic E-state index is 0.365. The number of nitrogens with one attached hydrogen (secondary N) is 1. The molecule has 0 radical (unpaired) electrons. The molecule has 1 saturated heterocycles. The molecule has 3 heteroatoms. The second-order valence-corrected chi connectivity index (χ2v) is 6.22. The van der Waals surface area contributed by atoms with Crippen LogP contribution in [0.5, 0.6) is 0 Å². The van der Waals surface area contributed by atoms with Crippen molar-refractivity contribution in [1.29, 1.82) is 0 Å². The molecule has 20 heavy (non-hydrogen) atoms. The number of benzene rings is 1. The van der Waals surface area contributed by atoms with Gasteiger partial charge in [0.2, 0.25) is 0 Å². The number of hydrogen-bond donors (Lipinski definition) is 1. The fourth-order valence-electron chi connectivity index (χ4n) is 3.80. The average Bonchev–Trinajstić information content (AvgIpc) is 2.94. The van der Waals surface area contributed by atoms with Crippen molar-refractivity contribution in [2.45, 2.75) is 31.2 Å². The first kappa shape index (κ1) is 12.2. The molecule has 2 fully saturated rings. The van der Waals surface area contributed by atoms with Crippen LogP contribution in [0.15, 0.2) is 36.5 Å². The molecular weight excluding hydrogens is 246 g/mol. The summed E-state index contributed by atoms with van der Waals surface area (Å²) < 4.78 is 0. The second kappa shape index (κ2) is 4.74. The van der Waals surface area contributed by atoms with Crippen molar-refractivity contribution >= 4 is 16.6 Å². The fourth-order valence-corrected chi connectivity index (χ4v) is 3.80. The Hall–Kier alpha value is -1.61. The number of piperazine rings is 1. The Kier molecular flexibility index (Phi) is 2.88. The van der Waals surface area contributed by atoms with Crippen LogP contribution in [-0.4, -0.2) is 30.2 Å². The van der Waals surface area contributed by atoms with E-state index in [4.69, 9.17) is 0 Å². The Morgan fingerprint density at radius 2 is 2.00 bits per heavy atom. The highest BCUT2D eigenvalue weighted by atomic mass is 15.2. The number of hydrogen-bond acceptors (Lipinski definition) is 3. The topological polar surface area (TPSA) is 28.2 Å². The lowest BCUT2D eigenvalue weighted by atomic mass is 9.94. The van der Waals surface area contributed by atoms with E-state index in [0.29, 0.717) is 5.54 Å². The minimum atomic E-state index is 0.365. The summed E-state index contributed by atoms with van der Waals surface area (Å²) in [5, 5.41) is 5.01. The molecule has 4 rings (SSSR count). The third-order valence-corrected chi connectivity index (χ3v) is 4.88. The molecule has 1 aromatic carbocycles. The molecule has 0 amide bonds. The lowest BCUT2D eigenvalue weighted by molar-refractivity contribution is 0.304. The van der Waals surface area contributed by atoms with Crippen molar-refractivity contribution in [3.8, 4) is 0 Å². The van der Waals surface area contributed by atoms with Gasteiger partial charge >= 0.3 is 0 Å². The summed E-state index contributed by atoms with van der Waals surface area (Å²) in [5.41, 5.74) is 2.72. The number of pyridine rings is 1. The Labute approximate surface area is 120 Å². The Morgan fingerprint density at radius 1 is 1.15 bits per heavy atom. The van der Waals surface area contributed by atoms with Crippen LogP contribution in [0.25, 0.3) is 10.9 Å². The molecule has 1 aliphatic heterocycles. The summed E-state index contributed by atoms with van der Waals surface area (Å²) in [6, 6.07) is 10.7. The molecule has 3 nitrogen and oxygen atoms in total. The van der Waals surface area contributed by atoms with Gasteiger partial charge < -0.3 is 10.2 Å². The summed E-state index contributed by atoms with van der Waals surface area (Å²) in [6.07, 6.45) is 7.43. The monoisotopic (exact) mass is 267 g/mol. The predicted octanol–water partition coefficient (Wildman–Crippen LogP) is 2.96. The van der Waals surface area contributed by atoms with Crippen LogP contribution >= 0.6 is 0 Å². The van der Waals surface area contributed by atoms with Crippen LogP contribution < -0.4 is 10.2 Å². The van der Waals surface area contributed by atoms with Crippen LogP contribution in [0.1, 0.15) is 25.7 Å². The summed E-state index contributed by atoms with van der Waals surface area (Å²) in [7, 11) is 0. The highest BCUT2D eigenvalue weighted by molar-refractivity contribution is 5.81. The Balaban J connectivity index is 1.64. The summed E-state index contributed by atoms with van der Waals surface area (Å²) in [5.74, 6) is 0. The lowest BCUT2D eigenvalue weighted by Crippen LogP contribution is -2.59. The smallest absolute Gasteiger partial charge is 0.0703 e. The minimum Gasteiger partial charge on any atom is -0.367 e. The summed E-state index contributed by atoms with van der Waals surface area (Å²) >= 11 is 0. The van der Waals surface area contributed by atoms with Gasteiger partial charge in [0.25, 0.3) is 0 Å². The normalized spacial score (nSPS) is 21.7. The number of para-hydroxylation sites is 1. The maximum Gasteiger partial charge on any atom is 0.0703 e. The fraction of sp³-hybridized carbons (Fsp3) is 0.471. The van der Waals surface area contributed by atoms with E-state index in [2.05, 4.69) is 39.5 Å². The number of anilines is 1. The molecule has 1 spiro atoms. The van der Waals surface area contributed by atoms with Gasteiger partial charge in [-0.3, -0.25) is 4.98 Å². The van der Waals surface area contributed by atoms with E-state index < -0.39 is 0 Å². The SMILES string of the molecule is c1ccc2ncc(N3CCNC4(CCCC4)C3)cc2c1. The van der Waals surface area contributed by atoms with E-state index in [1.165, 1.54) is 36.8 Å². The molecular formula is C17H21N3. The highest BCUT2D eigenvalue weighted by Crippen LogP contribution is 2.33. The molecule has 1 N–H and O–H groups in total. The van der Waals surface area contributed by atoms with E-state index in [1.54, 1.807) is 0 Å². The van der Waals surface area contributed by atoms with E-state index >= 15 is 0 Å². The van der Waals surface area contributed by atoms with Crippen LogP contribution in [0.3, 0.4) is 0 Å². The summed E-state index contributed by atoms with van der Waals surface area (Å²) in [6.45, 7) is 3.31. The first-order valence-corrected chi connectivity index (χ1v) is 7.70. The lowest BCUT2D eigenvalue weighted by Gasteiger charge is -2.42. The van der Waals surface area contributed by atoms with Crippen molar-refractivity contribution in [2.75, 3.05) is 24.5 Å². The molecule has 2 aromatic rings. The molecule has 2 aliphatic rings. The number of aromatic nitrogens is 1. The predicted molar refractivity (Wildman–Crippen MR) is 83.2 cm³/mol. The van der Waals surface area contributed by atoms with Gasteiger partial charge in [-0.2, -0.15) is 0 Å². The zero-order valence-corrected chi connectivity index (χ0v) is 11.8. The van der Waals surface area contributed by atoms with Gasteiger partial charge in [-0.1, -0.05) is 31.0 Å². The Morgan fingerprint density at radius 3 is 2.90 bits per heavy atom. The number of rotatable bonds is 1. The Bertz CT molecular complexity index is 616. The van der Waals surface area contributed by atoms with Crippen LogP contribution in [0, 0.1) is 0 Å². The van der Waals surface area contributed by atoms with E-state index in [9.17, 15) is 0 Å². The van der Waals surface area contributed by atoms with Crippen molar-refractivity contribution in [2.24, 2.45) is 0 Å². The van der Waals surface area contributed by atoms with Crippen LogP contribution in [0.2, 0.25) is 0 Å². The molecule has 1 saturated carbocycles. The van der Waals surface area contributed by atoms with Crippen molar-refractivity contribution in [3.05, 3.63) is 36.5 Å². The zero-order valence-electron chi connectivity index (χ0n) is 11.8. The van der Waals surface area contributed by atoms with E-state index in [0.717, 1.165) is 25.2 Å². The van der Waals surface area contributed by atoms with Gasteiger partial charge in [-0.15, -0.1) is 0 Å². The third-order valence-electron chi connectivity index (χ3n) is 4.88. The van der Waals surface area contributed by atoms with Crippen LogP contribution in [-0.2, 0) is 0 Å². The second-order valence-electron chi connectivity index (χ2n) is 6.22. The first-order chi connectivity index (χ1) is 9.85. The van der Waals surface area contributed by atoms with Gasteiger partial charge in [-0.25, -0.2) is 0 Å². The van der Waals surface area contributed by atoms with Gasteiger partial charge in [0.1, 0.15) is 0 Å². The molecule has 2 heterocycles. The molecule has 1 aromatic heterocycles. The molecule has 0 atom stereocenters. The summed E-state index contributed by atoms with van der Waals surface area (Å²) in [4.78, 5) is 7.12. The average molecular weight is 267 g/mol. The maximum atomic E-state index is 4.61. The van der Waals surface area contributed by atoms with Crippen molar-refractivity contribution < 1.29 is 0 Å². The molecule has 0 unspecified atom stereocenters. The first-order valence-electron chi connectivity index (χ1n) is 7.70. The van der Waals surface area contributed by atoms with Crippen molar-refractivity contribution in [3.63, 3.8) is 0 Å². The highest BCUT2D eigenvalue weighted by Gasteiger charge is 2.37. The van der Waals surface area contributed by atoms with Crippen LogP contribution in [0.4, 0.5) is 5.69 Å². The van der Waals surface area contributed by atoms with Gasteiger partial charge in [0.15, 0.2) is 0 Å². The largest absolute Gasteiger partial charge is 0.367 e. The van der Waals surface area contributed by atoms with Crippen molar-refractivity contribution in [1.82, 2.24) is 10.3 Å².